The Balaban J connectivity index is 1.70. The van der Waals surface area contributed by atoms with E-state index in [1.807, 2.05) is 31.2 Å². The predicted octanol–water partition coefficient (Wildman–Crippen LogP) is 3.06. The van der Waals surface area contributed by atoms with E-state index in [1.165, 1.54) is 0 Å². The standard InChI is InChI=1S/C21H27N3O4S/c1-13(2)11-28-17-6-4-5-15(9-17)18-10-19(25)22-21-20(18)14(3)23-24(21)16-7-8-29(26,27)12-16/h4-6,9,13,16,18H,7-8,10-12H2,1-3H3,(H,22,25). The van der Waals surface area contributed by atoms with Crippen molar-refractivity contribution in [2.45, 2.75) is 45.6 Å². The lowest BCUT2D eigenvalue weighted by Crippen LogP contribution is -2.26. The summed E-state index contributed by atoms with van der Waals surface area (Å²) >= 11 is 0. The normalized spacial score (nSPS) is 23.1. The summed E-state index contributed by atoms with van der Waals surface area (Å²) in [7, 11) is -3.05. The minimum absolute atomic E-state index is 0.0691. The van der Waals surface area contributed by atoms with E-state index < -0.39 is 9.84 Å². The molecule has 2 aliphatic heterocycles. The van der Waals surface area contributed by atoms with Crippen LogP contribution < -0.4 is 10.1 Å². The van der Waals surface area contributed by atoms with Crippen molar-refractivity contribution in [2.24, 2.45) is 5.92 Å². The number of hydrogen-bond acceptors (Lipinski definition) is 5. The number of aryl methyl sites for hydroxylation is 1. The van der Waals surface area contributed by atoms with Crippen molar-refractivity contribution in [3.63, 3.8) is 0 Å². The van der Waals surface area contributed by atoms with Gasteiger partial charge in [0.1, 0.15) is 11.6 Å². The van der Waals surface area contributed by atoms with Gasteiger partial charge in [-0.05, 0) is 37.0 Å². The maximum Gasteiger partial charge on any atom is 0.226 e. The molecule has 156 valence electrons. The SMILES string of the molecule is Cc1nn(C2CCS(=O)(=O)C2)c2c1C(c1cccc(OCC(C)C)c1)CC(=O)N2. The molecular weight excluding hydrogens is 390 g/mol. The highest BCUT2D eigenvalue weighted by Crippen LogP contribution is 2.42. The number of benzene rings is 1. The van der Waals surface area contributed by atoms with Gasteiger partial charge < -0.3 is 10.1 Å². The Kier molecular flexibility index (Phi) is 5.14. The van der Waals surface area contributed by atoms with Crippen molar-refractivity contribution in [2.75, 3.05) is 23.4 Å². The summed E-state index contributed by atoms with van der Waals surface area (Å²) in [4.78, 5) is 12.5. The first-order valence-corrected chi connectivity index (χ1v) is 11.9. The van der Waals surface area contributed by atoms with Gasteiger partial charge in [-0.15, -0.1) is 0 Å². The van der Waals surface area contributed by atoms with Crippen LogP contribution in [0.5, 0.6) is 5.75 Å². The number of ether oxygens (including phenoxy) is 1. The third kappa shape index (κ3) is 4.03. The number of amides is 1. The largest absolute Gasteiger partial charge is 0.493 e. The lowest BCUT2D eigenvalue weighted by molar-refractivity contribution is -0.116. The summed E-state index contributed by atoms with van der Waals surface area (Å²) in [5.74, 6) is 1.87. The quantitative estimate of drug-likeness (QED) is 0.807. The summed E-state index contributed by atoms with van der Waals surface area (Å²) in [5.41, 5.74) is 2.79. The Morgan fingerprint density at radius 2 is 2.14 bits per heavy atom. The van der Waals surface area contributed by atoms with Crippen LogP contribution in [-0.4, -0.2) is 42.2 Å². The number of rotatable bonds is 5. The molecule has 7 nitrogen and oxygen atoms in total. The zero-order chi connectivity index (χ0) is 20.8. The van der Waals surface area contributed by atoms with Crippen molar-refractivity contribution in [3.05, 3.63) is 41.1 Å². The van der Waals surface area contributed by atoms with Crippen LogP contribution in [0, 0.1) is 12.8 Å². The first kappa shape index (κ1) is 19.9. The first-order valence-electron chi connectivity index (χ1n) is 10.1. The second-order valence-corrected chi connectivity index (χ2v) is 10.7. The average molecular weight is 418 g/mol. The average Bonchev–Trinajstić information content (AvgIpc) is 3.19. The molecule has 2 aliphatic rings. The van der Waals surface area contributed by atoms with Crippen molar-refractivity contribution in [1.82, 2.24) is 9.78 Å². The monoisotopic (exact) mass is 417 g/mol. The van der Waals surface area contributed by atoms with Crippen LogP contribution in [0.1, 0.15) is 55.5 Å². The molecule has 2 aromatic rings. The number of hydrogen-bond donors (Lipinski definition) is 1. The van der Waals surface area contributed by atoms with Crippen LogP contribution in [0.3, 0.4) is 0 Å². The minimum Gasteiger partial charge on any atom is -0.493 e. The third-order valence-electron chi connectivity index (χ3n) is 5.53. The van der Waals surface area contributed by atoms with Gasteiger partial charge in [0.25, 0.3) is 0 Å². The van der Waals surface area contributed by atoms with Crippen molar-refractivity contribution < 1.29 is 17.9 Å². The molecule has 1 aromatic carbocycles. The number of nitrogens with zero attached hydrogens (tertiary/aromatic N) is 2. The molecule has 8 heteroatoms. The number of fused-ring (bicyclic) bond motifs is 1. The van der Waals surface area contributed by atoms with Gasteiger partial charge in [-0.3, -0.25) is 4.79 Å². The summed E-state index contributed by atoms with van der Waals surface area (Å²) in [6.45, 7) is 6.75. The molecular formula is C21H27N3O4S. The van der Waals surface area contributed by atoms with Gasteiger partial charge >= 0.3 is 0 Å². The van der Waals surface area contributed by atoms with E-state index in [0.29, 0.717) is 31.2 Å². The molecule has 29 heavy (non-hydrogen) atoms. The minimum atomic E-state index is -3.05. The maximum absolute atomic E-state index is 12.5. The molecule has 0 bridgehead atoms. The molecule has 1 aromatic heterocycles. The van der Waals surface area contributed by atoms with Crippen molar-refractivity contribution in [1.29, 1.82) is 0 Å². The van der Waals surface area contributed by atoms with Crippen LogP contribution in [0.15, 0.2) is 24.3 Å². The molecule has 0 spiro atoms. The molecule has 0 saturated carbocycles. The van der Waals surface area contributed by atoms with E-state index in [9.17, 15) is 13.2 Å². The topological polar surface area (TPSA) is 90.3 Å². The molecule has 2 unspecified atom stereocenters. The van der Waals surface area contributed by atoms with Crippen molar-refractivity contribution in [3.8, 4) is 5.75 Å². The van der Waals surface area contributed by atoms with E-state index >= 15 is 0 Å². The fraction of sp³-hybridized carbons (Fsp3) is 0.524. The molecule has 0 radical (unpaired) electrons. The maximum atomic E-state index is 12.5. The Morgan fingerprint density at radius 1 is 1.34 bits per heavy atom. The van der Waals surface area contributed by atoms with E-state index in [0.717, 1.165) is 22.6 Å². The fourth-order valence-corrected chi connectivity index (χ4v) is 5.87. The molecule has 1 amide bonds. The van der Waals surface area contributed by atoms with Crippen molar-refractivity contribution >= 4 is 21.6 Å². The van der Waals surface area contributed by atoms with Gasteiger partial charge in [-0.25, -0.2) is 13.1 Å². The molecule has 1 saturated heterocycles. The van der Waals surface area contributed by atoms with Crippen LogP contribution in [-0.2, 0) is 14.6 Å². The van der Waals surface area contributed by atoms with Gasteiger partial charge in [0, 0.05) is 17.9 Å². The lowest BCUT2D eigenvalue weighted by Gasteiger charge is -2.25. The van der Waals surface area contributed by atoms with Gasteiger partial charge in [0.15, 0.2) is 9.84 Å². The Bertz CT molecular complexity index is 1040. The number of nitrogens with one attached hydrogen (secondary N) is 1. The molecule has 1 N–H and O–H groups in total. The molecule has 0 aliphatic carbocycles. The van der Waals surface area contributed by atoms with Crippen LogP contribution in [0.4, 0.5) is 5.82 Å². The van der Waals surface area contributed by atoms with Crippen LogP contribution >= 0.6 is 0 Å². The molecule has 3 heterocycles. The number of carbonyl (C=O) groups excluding carboxylic acids is 1. The summed E-state index contributed by atoms with van der Waals surface area (Å²) in [6.07, 6.45) is 0.852. The summed E-state index contributed by atoms with van der Waals surface area (Å²) in [6, 6.07) is 7.64. The zero-order valence-corrected chi connectivity index (χ0v) is 17.8. The molecule has 4 rings (SSSR count). The first-order chi connectivity index (χ1) is 13.7. The van der Waals surface area contributed by atoms with Gasteiger partial charge in [0.05, 0.1) is 29.8 Å². The fourth-order valence-electron chi connectivity index (χ4n) is 4.17. The Hall–Kier alpha value is -2.35. The van der Waals surface area contributed by atoms with E-state index in [1.54, 1.807) is 4.68 Å². The third-order valence-corrected chi connectivity index (χ3v) is 7.28. The van der Waals surface area contributed by atoms with Crippen LogP contribution in [0.25, 0.3) is 0 Å². The Morgan fingerprint density at radius 3 is 2.83 bits per heavy atom. The zero-order valence-electron chi connectivity index (χ0n) is 17.0. The summed E-state index contributed by atoms with van der Waals surface area (Å²) in [5, 5.41) is 7.58. The summed E-state index contributed by atoms with van der Waals surface area (Å²) < 4.78 is 31.5. The smallest absolute Gasteiger partial charge is 0.226 e. The number of sulfone groups is 1. The van der Waals surface area contributed by atoms with Gasteiger partial charge in [-0.1, -0.05) is 26.0 Å². The molecule has 1 fully saturated rings. The number of carbonyl (C=O) groups is 1. The van der Waals surface area contributed by atoms with E-state index in [2.05, 4.69) is 24.3 Å². The van der Waals surface area contributed by atoms with E-state index in [4.69, 9.17) is 4.74 Å². The highest BCUT2D eigenvalue weighted by molar-refractivity contribution is 7.91. The number of anilines is 1. The van der Waals surface area contributed by atoms with E-state index in [-0.39, 0.29) is 29.4 Å². The Labute approximate surface area is 171 Å². The lowest BCUT2D eigenvalue weighted by atomic mass is 9.85. The number of aromatic nitrogens is 2. The highest BCUT2D eigenvalue weighted by Gasteiger charge is 2.37. The highest BCUT2D eigenvalue weighted by atomic mass is 32.2. The predicted molar refractivity (Wildman–Crippen MR) is 111 cm³/mol. The van der Waals surface area contributed by atoms with Gasteiger partial charge in [0.2, 0.25) is 5.91 Å². The molecule has 2 atom stereocenters. The van der Waals surface area contributed by atoms with Crippen LogP contribution in [0.2, 0.25) is 0 Å². The van der Waals surface area contributed by atoms with Gasteiger partial charge in [-0.2, -0.15) is 5.10 Å². The second-order valence-electron chi connectivity index (χ2n) is 8.43. The second kappa shape index (κ2) is 7.48.